The Labute approximate surface area is 216 Å². The van der Waals surface area contributed by atoms with E-state index < -0.39 is 0 Å². The fourth-order valence-electron chi connectivity index (χ4n) is 4.73. The van der Waals surface area contributed by atoms with Crippen molar-refractivity contribution >= 4 is 29.8 Å². The van der Waals surface area contributed by atoms with Gasteiger partial charge in [0.2, 0.25) is 0 Å². The normalized spacial score (nSPS) is 18.3. The molecule has 4 rings (SSSR count). The number of anilines is 2. The van der Waals surface area contributed by atoms with E-state index in [9.17, 15) is 0 Å². The van der Waals surface area contributed by atoms with Gasteiger partial charge in [0.25, 0.3) is 0 Å². The quantitative estimate of drug-likeness (QED) is 0.300. The van der Waals surface area contributed by atoms with Crippen LogP contribution in [0.2, 0.25) is 0 Å². The Morgan fingerprint density at radius 2 is 1.89 bits per heavy atom. The lowest BCUT2D eigenvalue weighted by Gasteiger charge is -2.47. The highest BCUT2D eigenvalue weighted by atomic mass is 35.5. The van der Waals surface area contributed by atoms with Crippen LogP contribution in [0.5, 0.6) is 5.75 Å². The van der Waals surface area contributed by atoms with E-state index in [0.29, 0.717) is 24.4 Å². The summed E-state index contributed by atoms with van der Waals surface area (Å²) >= 11 is 5.81. The number of alkyl halides is 1. The summed E-state index contributed by atoms with van der Waals surface area (Å²) in [6, 6.07) is 18.1. The molecule has 0 aromatic heterocycles. The maximum atomic E-state index is 8.00. The number of nitriles is 1. The van der Waals surface area contributed by atoms with Gasteiger partial charge in [-0.1, -0.05) is 32.0 Å². The van der Waals surface area contributed by atoms with Crippen molar-refractivity contribution in [1.29, 1.82) is 5.26 Å². The van der Waals surface area contributed by atoms with E-state index in [4.69, 9.17) is 26.4 Å². The van der Waals surface area contributed by atoms with Crippen molar-refractivity contribution in [3.05, 3.63) is 53.6 Å². The van der Waals surface area contributed by atoms with Crippen LogP contribution in [0.25, 0.3) is 0 Å². The first-order chi connectivity index (χ1) is 16.9. The molecular formula is C29H40ClN3O2. The Kier molecular flexibility index (Phi) is 11.4. The summed E-state index contributed by atoms with van der Waals surface area (Å²) in [6.45, 7) is 12.0. The predicted molar refractivity (Wildman–Crippen MR) is 147 cm³/mol. The maximum Gasteiger partial charge on any atom is 0.121 e. The highest BCUT2D eigenvalue weighted by Crippen LogP contribution is 2.50. The molecule has 0 saturated heterocycles. The second kappa shape index (κ2) is 14.0. The summed E-state index contributed by atoms with van der Waals surface area (Å²) in [5.41, 5.74) is 5.37. The van der Waals surface area contributed by atoms with Crippen molar-refractivity contribution in [2.75, 3.05) is 29.2 Å². The average Bonchev–Trinajstić information content (AvgIpc) is 3.11. The monoisotopic (exact) mass is 497 g/mol. The third kappa shape index (κ3) is 7.15. The predicted octanol–water partition coefficient (Wildman–Crippen LogP) is 6.94. The number of fused-ring (bicyclic) bond motifs is 1. The van der Waals surface area contributed by atoms with Crippen LogP contribution in [0.3, 0.4) is 0 Å². The minimum atomic E-state index is -0.0151. The van der Waals surface area contributed by atoms with Gasteiger partial charge in [0.1, 0.15) is 12.5 Å². The number of benzene rings is 2. The van der Waals surface area contributed by atoms with Gasteiger partial charge in [-0.15, -0.1) is 11.6 Å². The van der Waals surface area contributed by atoms with Crippen molar-refractivity contribution in [3.8, 4) is 11.8 Å². The number of carbonyl (C=O) groups is 1. The number of halogens is 1. The van der Waals surface area contributed by atoms with E-state index in [2.05, 4.69) is 73.5 Å². The van der Waals surface area contributed by atoms with Crippen LogP contribution in [-0.4, -0.2) is 31.9 Å². The molecule has 1 N–H and O–H groups in total. The van der Waals surface area contributed by atoms with E-state index in [1.165, 1.54) is 48.7 Å². The maximum absolute atomic E-state index is 8.00. The van der Waals surface area contributed by atoms with Gasteiger partial charge < -0.3 is 19.7 Å². The molecule has 6 heteroatoms. The Morgan fingerprint density at radius 1 is 1.23 bits per heavy atom. The van der Waals surface area contributed by atoms with E-state index in [-0.39, 0.29) is 5.54 Å². The molecule has 1 heterocycles. The number of carbonyl (C=O) groups excluding carboxylic acids is 1. The molecule has 35 heavy (non-hydrogen) atoms. The van der Waals surface area contributed by atoms with Crippen LogP contribution in [-0.2, 0) is 16.8 Å². The Bertz CT molecular complexity index is 953. The summed E-state index contributed by atoms with van der Waals surface area (Å²) in [7, 11) is 0. The molecule has 5 nitrogen and oxygen atoms in total. The number of hydrogen-bond donors (Lipinski definition) is 1. The van der Waals surface area contributed by atoms with Crippen LogP contribution < -0.4 is 15.0 Å². The molecule has 190 valence electrons. The van der Waals surface area contributed by atoms with Crippen LogP contribution >= 0.6 is 11.6 Å². The lowest BCUT2D eigenvalue weighted by atomic mass is 9.83. The Morgan fingerprint density at radius 3 is 2.43 bits per heavy atom. The van der Waals surface area contributed by atoms with Gasteiger partial charge in [-0.2, -0.15) is 5.26 Å². The molecule has 0 spiro atoms. The van der Waals surface area contributed by atoms with Crippen LogP contribution in [0.15, 0.2) is 42.5 Å². The largest absolute Gasteiger partial charge is 0.493 e. The fraction of sp³-hybridized carbons (Fsp3) is 0.517. The number of nitrogens with one attached hydrogen (secondary N) is 1. The average molecular weight is 498 g/mol. The van der Waals surface area contributed by atoms with Gasteiger partial charge in [0.15, 0.2) is 0 Å². The summed E-state index contributed by atoms with van der Waals surface area (Å²) in [5, 5.41) is 10.9. The molecule has 0 amide bonds. The number of nitrogens with zero attached hydrogens (tertiary/aromatic N) is 2. The van der Waals surface area contributed by atoms with E-state index >= 15 is 0 Å². The third-order valence-electron chi connectivity index (χ3n) is 6.59. The molecule has 1 saturated carbocycles. The highest BCUT2D eigenvalue weighted by molar-refractivity contribution is 6.17. The Hall–Kier alpha value is -2.71. The van der Waals surface area contributed by atoms with Crippen molar-refractivity contribution in [2.45, 2.75) is 71.4 Å². The third-order valence-corrected chi connectivity index (χ3v) is 6.86. The Balaban J connectivity index is 0.000000803. The zero-order valence-corrected chi connectivity index (χ0v) is 22.4. The van der Waals surface area contributed by atoms with Gasteiger partial charge in [-0.05, 0) is 67.9 Å². The molecule has 0 radical (unpaired) electrons. The summed E-state index contributed by atoms with van der Waals surface area (Å²) < 4.78 is 5.97. The van der Waals surface area contributed by atoms with Crippen LogP contribution in [0.1, 0.15) is 64.5 Å². The number of ether oxygens (including phenoxy) is 1. The van der Waals surface area contributed by atoms with Gasteiger partial charge >= 0.3 is 0 Å². The zero-order chi connectivity index (χ0) is 25.8. The molecule has 2 aliphatic rings. The van der Waals surface area contributed by atoms with Gasteiger partial charge in [0.05, 0.1) is 18.2 Å². The lowest BCUT2D eigenvalue weighted by molar-refractivity contribution is -0.0979. The van der Waals surface area contributed by atoms with Gasteiger partial charge in [0, 0.05) is 49.3 Å². The van der Waals surface area contributed by atoms with E-state index in [1.54, 1.807) is 6.07 Å². The first kappa shape index (κ1) is 28.5. The standard InChI is InChI=1S/C26H35ClN2O.C2H3N.CH2O/c1-19(2)18-28-22-11-9-21(10-12-22)26(3)17-20-8-13-24(30-15-5-14-27)16-25(20)29(26)23-6-4-7-23;1-2-3;1-2/h8-13,16,19,23,28H,4-7,14-15,17-18H2,1-3H3;1H3;1H2. The highest BCUT2D eigenvalue weighted by Gasteiger charge is 2.46. The van der Waals surface area contributed by atoms with Crippen molar-refractivity contribution in [3.63, 3.8) is 0 Å². The molecule has 1 atom stereocenters. The van der Waals surface area contributed by atoms with Crippen molar-refractivity contribution in [2.24, 2.45) is 5.92 Å². The van der Waals surface area contributed by atoms with Crippen molar-refractivity contribution in [1.82, 2.24) is 0 Å². The summed E-state index contributed by atoms with van der Waals surface area (Å²) in [5.74, 6) is 2.24. The summed E-state index contributed by atoms with van der Waals surface area (Å²) in [4.78, 5) is 10.7. The summed E-state index contributed by atoms with van der Waals surface area (Å²) in [6.07, 6.45) is 5.80. The topological polar surface area (TPSA) is 65.4 Å². The van der Waals surface area contributed by atoms with Gasteiger partial charge in [-0.25, -0.2) is 0 Å². The minimum absolute atomic E-state index is 0.0151. The molecule has 0 bridgehead atoms. The van der Waals surface area contributed by atoms with E-state index in [0.717, 1.165) is 25.1 Å². The molecule has 2 aromatic rings. The molecule has 1 aliphatic heterocycles. The smallest absolute Gasteiger partial charge is 0.121 e. The first-order valence-corrected chi connectivity index (χ1v) is 13.0. The molecule has 2 aromatic carbocycles. The first-order valence-electron chi connectivity index (χ1n) is 12.5. The van der Waals surface area contributed by atoms with Crippen molar-refractivity contribution < 1.29 is 9.53 Å². The SMILES string of the molecule is C=O.CC#N.CC(C)CNc1ccc(C2(C)Cc3ccc(OCCCCl)cc3N2C2CCC2)cc1. The number of hydrogen-bond acceptors (Lipinski definition) is 5. The zero-order valence-electron chi connectivity index (χ0n) is 21.6. The number of rotatable bonds is 9. The second-order valence-electron chi connectivity index (χ2n) is 9.66. The van der Waals surface area contributed by atoms with E-state index in [1.807, 2.05) is 6.79 Å². The fourth-order valence-corrected chi connectivity index (χ4v) is 4.84. The molecule has 1 unspecified atom stereocenters. The second-order valence-corrected chi connectivity index (χ2v) is 10.0. The van der Waals surface area contributed by atoms with Gasteiger partial charge in [-0.3, -0.25) is 0 Å². The minimum Gasteiger partial charge on any atom is -0.493 e. The molecule has 1 fully saturated rings. The lowest BCUT2D eigenvalue weighted by Crippen LogP contribution is -2.50. The molecule has 1 aliphatic carbocycles. The van der Waals surface area contributed by atoms with Crippen LogP contribution in [0, 0.1) is 17.2 Å². The molecular weight excluding hydrogens is 458 g/mol. The van der Waals surface area contributed by atoms with Crippen LogP contribution in [0.4, 0.5) is 11.4 Å².